The van der Waals surface area contributed by atoms with Gasteiger partial charge in [-0.15, -0.1) is 0 Å². The summed E-state index contributed by atoms with van der Waals surface area (Å²) < 4.78 is 0. The van der Waals surface area contributed by atoms with Gasteiger partial charge in [-0.05, 0) is 55.6 Å². The molecule has 1 aromatic carbocycles. The molecule has 110 valence electrons. The molecule has 0 aliphatic carbocycles. The van der Waals surface area contributed by atoms with Gasteiger partial charge in [0.15, 0.2) is 5.11 Å². The van der Waals surface area contributed by atoms with Crippen molar-refractivity contribution in [2.24, 2.45) is 0 Å². The third-order valence-corrected chi connectivity index (χ3v) is 4.56. The highest BCUT2D eigenvalue weighted by Crippen LogP contribution is 2.20. The van der Waals surface area contributed by atoms with Crippen LogP contribution in [0.25, 0.3) is 0 Å². The van der Waals surface area contributed by atoms with Crippen LogP contribution >= 0.6 is 12.2 Å². The molecule has 0 radical (unpaired) electrons. The highest BCUT2D eigenvalue weighted by atomic mass is 32.1. The van der Waals surface area contributed by atoms with E-state index in [1.165, 1.54) is 37.7 Å². The van der Waals surface area contributed by atoms with Crippen molar-refractivity contribution >= 4 is 23.0 Å². The minimum Gasteiger partial charge on any atom is -0.346 e. The Hall–Kier alpha value is -1.09. The van der Waals surface area contributed by atoms with Crippen molar-refractivity contribution in [3.05, 3.63) is 29.8 Å². The number of nitrogens with one attached hydrogen (secondary N) is 1. The maximum atomic E-state index is 5.64. The van der Waals surface area contributed by atoms with Crippen molar-refractivity contribution in [2.75, 3.05) is 11.9 Å². The summed E-state index contributed by atoms with van der Waals surface area (Å²) in [6.07, 6.45) is 7.45. The Balaban J connectivity index is 2.01. The fraction of sp³-hybridized carbons (Fsp3) is 0.588. The van der Waals surface area contributed by atoms with E-state index in [4.69, 9.17) is 12.2 Å². The third-order valence-electron chi connectivity index (χ3n) is 4.22. The van der Waals surface area contributed by atoms with Gasteiger partial charge in [0.25, 0.3) is 0 Å². The van der Waals surface area contributed by atoms with Crippen LogP contribution < -0.4 is 5.32 Å². The lowest BCUT2D eigenvalue weighted by Crippen LogP contribution is -2.42. The molecule has 20 heavy (non-hydrogen) atoms. The van der Waals surface area contributed by atoms with Crippen LogP contribution in [0.1, 0.15) is 51.5 Å². The first-order chi connectivity index (χ1) is 9.74. The van der Waals surface area contributed by atoms with Gasteiger partial charge in [-0.1, -0.05) is 38.8 Å². The van der Waals surface area contributed by atoms with Crippen molar-refractivity contribution in [1.29, 1.82) is 0 Å². The summed E-state index contributed by atoms with van der Waals surface area (Å²) in [5.74, 6) is 0. The van der Waals surface area contributed by atoms with Crippen molar-refractivity contribution in [2.45, 2.75) is 58.4 Å². The lowest BCUT2D eigenvalue weighted by atomic mass is 10.1. The topological polar surface area (TPSA) is 15.3 Å². The van der Waals surface area contributed by atoms with E-state index in [-0.39, 0.29) is 0 Å². The van der Waals surface area contributed by atoms with Crippen LogP contribution in [0, 0.1) is 0 Å². The van der Waals surface area contributed by atoms with Gasteiger partial charge >= 0.3 is 0 Å². The molecule has 0 saturated carbocycles. The molecule has 1 aliphatic rings. The molecule has 0 spiro atoms. The largest absolute Gasteiger partial charge is 0.346 e. The van der Waals surface area contributed by atoms with E-state index in [1.54, 1.807) is 0 Å². The number of benzene rings is 1. The lowest BCUT2D eigenvalue weighted by molar-refractivity contribution is 0.311. The Bertz CT molecular complexity index is 427. The minimum atomic E-state index is 0.604. The smallest absolute Gasteiger partial charge is 0.173 e. The monoisotopic (exact) mass is 290 g/mol. The maximum Gasteiger partial charge on any atom is 0.173 e. The number of nitrogens with zero attached hydrogens (tertiary/aromatic N) is 1. The van der Waals surface area contributed by atoms with E-state index in [2.05, 4.69) is 48.3 Å². The Labute approximate surface area is 128 Å². The van der Waals surface area contributed by atoms with E-state index in [0.717, 1.165) is 23.8 Å². The zero-order valence-corrected chi connectivity index (χ0v) is 13.5. The molecular weight excluding hydrogens is 264 g/mol. The summed E-state index contributed by atoms with van der Waals surface area (Å²) in [5, 5.41) is 4.30. The summed E-state index contributed by atoms with van der Waals surface area (Å²) in [6, 6.07) is 9.20. The first kappa shape index (κ1) is 15.3. The Morgan fingerprint density at radius 1 is 1.20 bits per heavy atom. The quantitative estimate of drug-likeness (QED) is 0.819. The zero-order valence-electron chi connectivity index (χ0n) is 12.7. The zero-order chi connectivity index (χ0) is 14.4. The fourth-order valence-electron chi connectivity index (χ4n) is 2.89. The van der Waals surface area contributed by atoms with Crippen molar-refractivity contribution in [3.8, 4) is 0 Å². The van der Waals surface area contributed by atoms with Gasteiger partial charge in [0.1, 0.15) is 0 Å². The van der Waals surface area contributed by atoms with E-state index in [1.807, 2.05) is 0 Å². The molecule has 1 aliphatic heterocycles. The summed E-state index contributed by atoms with van der Waals surface area (Å²) in [7, 11) is 0. The van der Waals surface area contributed by atoms with Crippen molar-refractivity contribution in [1.82, 2.24) is 4.90 Å². The fourth-order valence-corrected chi connectivity index (χ4v) is 3.25. The van der Waals surface area contributed by atoms with E-state index in [9.17, 15) is 0 Å². The molecule has 1 unspecified atom stereocenters. The summed E-state index contributed by atoms with van der Waals surface area (Å²) >= 11 is 5.64. The van der Waals surface area contributed by atoms with E-state index < -0.39 is 0 Å². The second kappa shape index (κ2) is 7.63. The van der Waals surface area contributed by atoms with Crippen LogP contribution in [0.15, 0.2) is 24.3 Å². The summed E-state index contributed by atoms with van der Waals surface area (Å²) in [6.45, 7) is 5.54. The van der Waals surface area contributed by atoms with Gasteiger partial charge < -0.3 is 10.2 Å². The normalized spacial score (nSPS) is 19.5. The molecule has 3 heteroatoms. The highest BCUT2D eigenvalue weighted by Gasteiger charge is 2.21. The van der Waals surface area contributed by atoms with Crippen LogP contribution in [0.2, 0.25) is 0 Å². The summed E-state index contributed by atoms with van der Waals surface area (Å²) in [5.41, 5.74) is 2.47. The van der Waals surface area contributed by atoms with Crippen LogP contribution in [0.3, 0.4) is 0 Å². The number of thiocarbonyl (C=S) groups is 1. The Morgan fingerprint density at radius 3 is 2.60 bits per heavy atom. The van der Waals surface area contributed by atoms with Crippen LogP contribution in [-0.4, -0.2) is 22.6 Å². The molecular formula is C17H26N2S. The van der Waals surface area contributed by atoms with Gasteiger partial charge in [-0.25, -0.2) is 0 Å². The molecule has 2 nitrogen and oxygen atoms in total. The summed E-state index contributed by atoms with van der Waals surface area (Å²) in [4.78, 5) is 2.40. The van der Waals surface area contributed by atoms with E-state index in [0.29, 0.717) is 6.04 Å². The second-order valence-corrected chi connectivity index (χ2v) is 5.97. The van der Waals surface area contributed by atoms with Gasteiger partial charge in [0.2, 0.25) is 0 Å². The predicted octanol–water partition coefficient (Wildman–Crippen LogP) is 4.60. The second-order valence-electron chi connectivity index (χ2n) is 5.59. The molecule has 1 saturated heterocycles. The molecule has 0 bridgehead atoms. The number of hydrogen-bond acceptors (Lipinski definition) is 1. The number of aryl methyl sites for hydroxylation is 1. The average molecular weight is 290 g/mol. The molecule has 1 atom stereocenters. The van der Waals surface area contributed by atoms with Crippen molar-refractivity contribution < 1.29 is 0 Å². The van der Waals surface area contributed by atoms with Crippen LogP contribution in [0.5, 0.6) is 0 Å². The molecule has 1 aromatic rings. The Morgan fingerprint density at radius 2 is 1.95 bits per heavy atom. The molecule has 2 rings (SSSR count). The van der Waals surface area contributed by atoms with Crippen molar-refractivity contribution in [3.63, 3.8) is 0 Å². The minimum absolute atomic E-state index is 0.604. The molecule has 0 amide bonds. The average Bonchev–Trinajstić information content (AvgIpc) is 2.73. The van der Waals surface area contributed by atoms with Gasteiger partial charge in [-0.2, -0.15) is 0 Å². The standard InChI is InChI=1S/C17H26N2S/c1-3-14-9-11-15(12-10-14)18-17(20)19-13-7-5-6-8-16(19)4-2/h9-12,16H,3-8,13H2,1-2H3,(H,18,20). The SMILES string of the molecule is CCc1ccc(NC(=S)N2CCCCCC2CC)cc1. The van der Waals surface area contributed by atoms with Gasteiger partial charge in [0, 0.05) is 18.3 Å². The molecule has 1 N–H and O–H groups in total. The predicted molar refractivity (Wildman–Crippen MR) is 91.3 cm³/mol. The molecule has 1 fully saturated rings. The number of anilines is 1. The van der Waals surface area contributed by atoms with Gasteiger partial charge in [0.05, 0.1) is 0 Å². The highest BCUT2D eigenvalue weighted by molar-refractivity contribution is 7.80. The van der Waals surface area contributed by atoms with Gasteiger partial charge in [-0.3, -0.25) is 0 Å². The number of rotatable bonds is 3. The van der Waals surface area contributed by atoms with E-state index >= 15 is 0 Å². The number of hydrogen-bond donors (Lipinski definition) is 1. The van der Waals surface area contributed by atoms with Crippen LogP contribution in [0.4, 0.5) is 5.69 Å². The first-order valence-corrected chi connectivity index (χ1v) is 8.32. The first-order valence-electron chi connectivity index (χ1n) is 7.91. The lowest BCUT2D eigenvalue weighted by Gasteiger charge is -2.32. The molecule has 1 heterocycles. The Kier molecular flexibility index (Phi) is 5.84. The maximum absolute atomic E-state index is 5.64. The van der Waals surface area contributed by atoms with Crippen LogP contribution in [-0.2, 0) is 6.42 Å². The molecule has 0 aromatic heterocycles. The third kappa shape index (κ3) is 3.95. The number of likely N-dealkylation sites (tertiary alicyclic amines) is 1.